The molecular formula is C17H21F3N4O2. The number of halogens is 3. The summed E-state index contributed by atoms with van der Waals surface area (Å²) in [4.78, 5) is 15.8. The molecule has 142 valence electrons. The summed E-state index contributed by atoms with van der Waals surface area (Å²) in [5.41, 5.74) is 0.148. The third-order valence-corrected chi connectivity index (χ3v) is 3.15. The van der Waals surface area contributed by atoms with Crippen molar-refractivity contribution in [2.45, 2.75) is 45.5 Å². The van der Waals surface area contributed by atoms with E-state index in [0.29, 0.717) is 5.56 Å². The van der Waals surface area contributed by atoms with Crippen LogP contribution >= 0.6 is 0 Å². The minimum atomic E-state index is -4.43. The third kappa shape index (κ3) is 6.38. The van der Waals surface area contributed by atoms with Crippen molar-refractivity contribution < 1.29 is 22.7 Å². The Hall–Kier alpha value is -2.58. The van der Waals surface area contributed by atoms with Crippen molar-refractivity contribution >= 4 is 6.09 Å². The van der Waals surface area contributed by atoms with Gasteiger partial charge < -0.3 is 10.1 Å². The van der Waals surface area contributed by atoms with Crippen LogP contribution in [0.15, 0.2) is 30.3 Å². The van der Waals surface area contributed by atoms with E-state index in [-0.39, 0.29) is 24.7 Å². The second-order valence-electron chi connectivity index (χ2n) is 6.75. The Morgan fingerprint density at radius 3 is 2.42 bits per heavy atom. The fourth-order valence-electron chi connectivity index (χ4n) is 2.14. The molecule has 0 saturated heterocycles. The summed E-state index contributed by atoms with van der Waals surface area (Å²) in [6.45, 7) is 4.02. The zero-order valence-electron chi connectivity index (χ0n) is 14.8. The van der Waals surface area contributed by atoms with E-state index in [2.05, 4.69) is 15.4 Å². The van der Waals surface area contributed by atoms with Crippen LogP contribution in [0.3, 0.4) is 0 Å². The number of aromatic nitrogens is 3. The molecule has 26 heavy (non-hydrogen) atoms. The van der Waals surface area contributed by atoms with E-state index in [4.69, 9.17) is 4.74 Å². The topological polar surface area (TPSA) is 69.0 Å². The summed E-state index contributed by atoms with van der Waals surface area (Å²) >= 11 is 0. The van der Waals surface area contributed by atoms with E-state index in [9.17, 15) is 18.0 Å². The molecule has 0 aliphatic carbocycles. The van der Waals surface area contributed by atoms with Crippen LogP contribution in [0.25, 0.3) is 11.4 Å². The Morgan fingerprint density at radius 2 is 1.85 bits per heavy atom. The molecule has 1 heterocycles. The summed E-state index contributed by atoms with van der Waals surface area (Å²) in [6.07, 6.45) is -5.04. The van der Waals surface area contributed by atoms with Crippen molar-refractivity contribution in [1.82, 2.24) is 20.1 Å². The van der Waals surface area contributed by atoms with E-state index in [1.54, 1.807) is 51.1 Å². The van der Waals surface area contributed by atoms with Crippen LogP contribution in [0, 0.1) is 0 Å². The number of benzene rings is 1. The van der Waals surface area contributed by atoms with Crippen LogP contribution in [0.2, 0.25) is 0 Å². The Kier molecular flexibility index (Phi) is 5.89. The number of nitrogens with zero attached hydrogens (tertiary/aromatic N) is 3. The third-order valence-electron chi connectivity index (χ3n) is 3.15. The molecule has 1 aromatic heterocycles. The number of alkyl halides is 3. The molecule has 0 fully saturated rings. The molecule has 0 aliphatic heterocycles. The number of hydrogen-bond donors (Lipinski definition) is 1. The molecule has 2 aromatic rings. The van der Waals surface area contributed by atoms with Crippen LogP contribution in [0.1, 0.15) is 26.6 Å². The smallest absolute Gasteiger partial charge is 0.408 e. The summed E-state index contributed by atoms with van der Waals surface area (Å²) in [5, 5.41) is 6.56. The van der Waals surface area contributed by atoms with Gasteiger partial charge in [0.25, 0.3) is 0 Å². The molecule has 9 heteroatoms. The molecule has 1 aromatic carbocycles. The number of alkyl carbamates (subject to hydrolysis) is 1. The lowest BCUT2D eigenvalue weighted by Gasteiger charge is -2.19. The molecule has 6 nitrogen and oxygen atoms in total. The number of carbonyl (C=O) groups excluding carboxylic acids is 1. The van der Waals surface area contributed by atoms with Crippen molar-refractivity contribution in [2.75, 3.05) is 6.61 Å². The van der Waals surface area contributed by atoms with Crippen LogP contribution in [0.5, 0.6) is 0 Å². The molecule has 1 amide bonds. The van der Waals surface area contributed by atoms with Gasteiger partial charge in [-0.1, -0.05) is 30.3 Å². The van der Waals surface area contributed by atoms with E-state index in [1.165, 1.54) is 0 Å². The summed E-state index contributed by atoms with van der Waals surface area (Å²) in [6, 6.07) is 8.71. The van der Waals surface area contributed by atoms with E-state index in [1.807, 2.05) is 0 Å². The lowest BCUT2D eigenvalue weighted by Crippen LogP contribution is -2.41. The zero-order valence-corrected chi connectivity index (χ0v) is 14.8. The first-order valence-electron chi connectivity index (χ1n) is 8.04. The highest BCUT2D eigenvalue weighted by atomic mass is 19.4. The Bertz CT molecular complexity index is 737. The second kappa shape index (κ2) is 7.76. The quantitative estimate of drug-likeness (QED) is 0.874. The standard InChI is InChI=1S/C17H21F3N4O2/c1-16(2,3)22-15(25)26-10-9-13-21-14(12-7-5-4-6-8-12)23-24(13)11-17(18,19)20/h4-8H,9-11H2,1-3H3,(H,22,25). The van der Waals surface area contributed by atoms with Crippen LogP contribution in [0.4, 0.5) is 18.0 Å². The van der Waals surface area contributed by atoms with Gasteiger partial charge in [0, 0.05) is 17.5 Å². The van der Waals surface area contributed by atoms with Crippen molar-refractivity contribution in [3.05, 3.63) is 36.2 Å². The van der Waals surface area contributed by atoms with Gasteiger partial charge in [0.2, 0.25) is 0 Å². The Balaban J connectivity index is 2.10. The molecule has 2 rings (SSSR count). The lowest BCUT2D eigenvalue weighted by molar-refractivity contribution is -0.143. The Labute approximate surface area is 149 Å². The Morgan fingerprint density at radius 1 is 1.19 bits per heavy atom. The first-order chi connectivity index (χ1) is 12.0. The molecule has 0 radical (unpaired) electrons. The molecular weight excluding hydrogens is 349 g/mol. The van der Waals surface area contributed by atoms with Crippen molar-refractivity contribution in [1.29, 1.82) is 0 Å². The average Bonchev–Trinajstić information content (AvgIpc) is 2.87. The van der Waals surface area contributed by atoms with Gasteiger partial charge in [-0.05, 0) is 20.8 Å². The van der Waals surface area contributed by atoms with Gasteiger partial charge in [-0.25, -0.2) is 14.5 Å². The fourth-order valence-corrected chi connectivity index (χ4v) is 2.14. The number of ether oxygens (including phenoxy) is 1. The number of carbonyl (C=O) groups is 1. The van der Waals surface area contributed by atoms with Gasteiger partial charge in [-0.15, -0.1) is 0 Å². The highest BCUT2D eigenvalue weighted by Gasteiger charge is 2.30. The first kappa shape index (κ1) is 19.7. The molecule has 1 N–H and O–H groups in total. The van der Waals surface area contributed by atoms with E-state index < -0.39 is 24.4 Å². The van der Waals surface area contributed by atoms with Crippen molar-refractivity contribution in [2.24, 2.45) is 0 Å². The maximum Gasteiger partial charge on any atom is 0.408 e. The minimum absolute atomic E-state index is 0.0213. The molecule has 0 bridgehead atoms. The monoisotopic (exact) mass is 370 g/mol. The average molecular weight is 370 g/mol. The molecule has 0 atom stereocenters. The second-order valence-corrected chi connectivity index (χ2v) is 6.75. The predicted octanol–water partition coefficient (Wildman–Crippen LogP) is 3.57. The molecule has 0 spiro atoms. The highest BCUT2D eigenvalue weighted by molar-refractivity contribution is 5.68. The number of rotatable bonds is 5. The highest BCUT2D eigenvalue weighted by Crippen LogP contribution is 2.21. The maximum atomic E-state index is 12.8. The van der Waals surface area contributed by atoms with Gasteiger partial charge in [-0.2, -0.15) is 18.3 Å². The van der Waals surface area contributed by atoms with Crippen molar-refractivity contribution in [3.8, 4) is 11.4 Å². The van der Waals surface area contributed by atoms with Crippen LogP contribution in [-0.4, -0.2) is 39.2 Å². The maximum absolute atomic E-state index is 12.8. The predicted molar refractivity (Wildman–Crippen MR) is 89.5 cm³/mol. The van der Waals surface area contributed by atoms with Crippen LogP contribution in [-0.2, 0) is 17.7 Å². The molecule has 0 unspecified atom stereocenters. The number of hydrogen-bond acceptors (Lipinski definition) is 4. The number of amides is 1. The SMILES string of the molecule is CC(C)(C)NC(=O)OCCc1nc(-c2ccccc2)nn1CC(F)(F)F. The van der Waals surface area contributed by atoms with Crippen molar-refractivity contribution in [3.63, 3.8) is 0 Å². The van der Waals surface area contributed by atoms with Crippen LogP contribution < -0.4 is 5.32 Å². The van der Waals surface area contributed by atoms with Gasteiger partial charge in [0.1, 0.15) is 19.0 Å². The minimum Gasteiger partial charge on any atom is -0.449 e. The summed E-state index contributed by atoms with van der Waals surface area (Å²) in [7, 11) is 0. The molecule has 0 aliphatic rings. The van der Waals surface area contributed by atoms with Gasteiger partial charge in [-0.3, -0.25) is 0 Å². The number of nitrogens with one attached hydrogen (secondary N) is 1. The molecule has 0 saturated carbocycles. The van der Waals surface area contributed by atoms with E-state index in [0.717, 1.165) is 4.68 Å². The van der Waals surface area contributed by atoms with Gasteiger partial charge >= 0.3 is 12.3 Å². The summed E-state index contributed by atoms with van der Waals surface area (Å²) in [5.74, 6) is 0.300. The largest absolute Gasteiger partial charge is 0.449 e. The zero-order chi connectivity index (χ0) is 19.4. The lowest BCUT2D eigenvalue weighted by atomic mass is 10.1. The normalized spacial score (nSPS) is 12.1. The van der Waals surface area contributed by atoms with Gasteiger partial charge in [0.15, 0.2) is 5.82 Å². The first-order valence-corrected chi connectivity index (χ1v) is 8.04. The van der Waals surface area contributed by atoms with Gasteiger partial charge in [0.05, 0.1) is 0 Å². The van der Waals surface area contributed by atoms with E-state index >= 15 is 0 Å². The summed E-state index contributed by atoms with van der Waals surface area (Å²) < 4.78 is 44.2. The fraction of sp³-hybridized carbons (Fsp3) is 0.471.